The minimum absolute atomic E-state index is 0.0250. The Hall–Kier alpha value is -3.14. The molecule has 0 atom stereocenters. The van der Waals surface area contributed by atoms with E-state index in [0.29, 0.717) is 5.76 Å². The van der Waals surface area contributed by atoms with Gasteiger partial charge in [-0.2, -0.15) is 0 Å². The summed E-state index contributed by atoms with van der Waals surface area (Å²) >= 11 is 0. The summed E-state index contributed by atoms with van der Waals surface area (Å²) in [6.45, 7) is -0.611. The number of furan rings is 1. The molecule has 9 nitrogen and oxygen atoms in total. The summed E-state index contributed by atoms with van der Waals surface area (Å²) in [7, 11) is -3.48. The molecule has 0 bridgehead atoms. The lowest BCUT2D eigenvalue weighted by atomic mass is 10.2. The first-order valence-electron chi connectivity index (χ1n) is 7.33. The molecule has 0 saturated heterocycles. The van der Waals surface area contributed by atoms with Crippen LogP contribution in [0.25, 0.3) is 0 Å². The lowest BCUT2D eigenvalue weighted by Gasteiger charge is -2.07. The third kappa shape index (κ3) is 5.74. The largest absolute Gasteiger partial charge is 0.467 e. The molecule has 26 heavy (non-hydrogen) atoms. The van der Waals surface area contributed by atoms with Crippen LogP contribution in [0.1, 0.15) is 16.1 Å². The van der Waals surface area contributed by atoms with Crippen molar-refractivity contribution in [2.24, 2.45) is 0 Å². The zero-order chi connectivity index (χ0) is 19.2. The topological polar surface area (TPSA) is 132 Å². The van der Waals surface area contributed by atoms with E-state index in [1.807, 2.05) is 5.32 Å². The van der Waals surface area contributed by atoms with Crippen molar-refractivity contribution in [3.05, 3.63) is 54.0 Å². The second-order valence-electron chi connectivity index (χ2n) is 5.19. The molecule has 0 aliphatic rings. The molecule has 2 rings (SSSR count). The van der Waals surface area contributed by atoms with Gasteiger partial charge in [0.25, 0.3) is 5.91 Å². The normalized spacial score (nSPS) is 10.8. The highest BCUT2D eigenvalue weighted by Gasteiger charge is 2.15. The van der Waals surface area contributed by atoms with Crippen LogP contribution in [0.4, 0.5) is 4.79 Å². The fraction of sp³-hybridized carbons (Fsp3) is 0.188. The van der Waals surface area contributed by atoms with Gasteiger partial charge in [0.05, 0.1) is 23.3 Å². The zero-order valence-corrected chi connectivity index (χ0v) is 14.5. The molecule has 3 amide bonds. The summed E-state index contributed by atoms with van der Waals surface area (Å²) in [5, 5.41) is 4.37. The second-order valence-corrected chi connectivity index (χ2v) is 7.20. The number of sulfone groups is 1. The standard InChI is InChI=1S/C16H16N2O7S/c1-26(22,23)13-6-2-4-11(8-13)15(20)25-10-14(19)18-16(21)17-9-12-5-3-7-24-12/h2-8H,9-10H2,1H3,(H2,17,18,19,21). The predicted octanol–water partition coefficient (Wildman–Crippen LogP) is 0.866. The van der Waals surface area contributed by atoms with Gasteiger partial charge in [0.1, 0.15) is 5.76 Å². The Balaban J connectivity index is 1.81. The van der Waals surface area contributed by atoms with E-state index in [4.69, 9.17) is 9.15 Å². The Bertz CT molecular complexity index is 904. The Morgan fingerprint density at radius 3 is 2.58 bits per heavy atom. The predicted molar refractivity (Wildman–Crippen MR) is 88.9 cm³/mol. The van der Waals surface area contributed by atoms with Gasteiger partial charge in [-0.05, 0) is 30.3 Å². The summed E-state index contributed by atoms with van der Waals surface area (Å²) in [4.78, 5) is 35.0. The Morgan fingerprint density at radius 1 is 1.15 bits per heavy atom. The number of urea groups is 1. The van der Waals surface area contributed by atoms with Crippen molar-refractivity contribution in [1.29, 1.82) is 0 Å². The Kier molecular flexibility index (Phi) is 6.12. The van der Waals surface area contributed by atoms with E-state index in [1.165, 1.54) is 24.5 Å². The number of esters is 1. The van der Waals surface area contributed by atoms with E-state index in [1.54, 1.807) is 12.1 Å². The molecule has 0 saturated carbocycles. The highest BCUT2D eigenvalue weighted by atomic mass is 32.2. The highest BCUT2D eigenvalue weighted by molar-refractivity contribution is 7.90. The van der Waals surface area contributed by atoms with Crippen molar-refractivity contribution >= 4 is 27.7 Å². The van der Waals surface area contributed by atoms with Crippen LogP contribution in [-0.2, 0) is 25.9 Å². The smallest absolute Gasteiger partial charge is 0.338 e. The number of hydrogen-bond acceptors (Lipinski definition) is 7. The number of hydrogen-bond donors (Lipinski definition) is 2. The first kappa shape index (κ1) is 19.2. The van der Waals surface area contributed by atoms with Crippen LogP contribution in [0.15, 0.2) is 52.0 Å². The summed E-state index contributed by atoms with van der Waals surface area (Å²) in [5.41, 5.74) is -0.0250. The van der Waals surface area contributed by atoms with E-state index in [2.05, 4.69) is 5.32 Å². The van der Waals surface area contributed by atoms with Crippen molar-refractivity contribution in [2.75, 3.05) is 12.9 Å². The SMILES string of the molecule is CS(=O)(=O)c1cccc(C(=O)OCC(=O)NC(=O)NCc2ccco2)c1. The van der Waals surface area contributed by atoms with Gasteiger partial charge in [0.2, 0.25) is 0 Å². The van der Waals surface area contributed by atoms with E-state index in [9.17, 15) is 22.8 Å². The van der Waals surface area contributed by atoms with Gasteiger partial charge in [0, 0.05) is 6.26 Å². The number of carbonyl (C=O) groups is 3. The van der Waals surface area contributed by atoms with Crippen molar-refractivity contribution in [3.63, 3.8) is 0 Å². The highest BCUT2D eigenvalue weighted by Crippen LogP contribution is 2.12. The molecule has 2 N–H and O–H groups in total. The van der Waals surface area contributed by atoms with E-state index in [0.717, 1.165) is 12.3 Å². The van der Waals surface area contributed by atoms with Crippen LogP contribution in [0.2, 0.25) is 0 Å². The molecule has 0 spiro atoms. The Labute approximate surface area is 149 Å². The van der Waals surface area contributed by atoms with Gasteiger partial charge in [-0.1, -0.05) is 6.07 Å². The Morgan fingerprint density at radius 2 is 1.92 bits per heavy atom. The monoisotopic (exact) mass is 380 g/mol. The minimum Gasteiger partial charge on any atom is -0.467 e. The quantitative estimate of drug-likeness (QED) is 0.711. The third-order valence-corrected chi connectivity index (χ3v) is 4.20. The average Bonchev–Trinajstić information content (AvgIpc) is 3.11. The van der Waals surface area contributed by atoms with Crippen LogP contribution < -0.4 is 10.6 Å². The van der Waals surface area contributed by atoms with E-state index < -0.39 is 34.4 Å². The van der Waals surface area contributed by atoms with Gasteiger partial charge >= 0.3 is 12.0 Å². The summed E-state index contributed by atoms with van der Waals surface area (Å²) < 4.78 is 32.7. The van der Waals surface area contributed by atoms with Crippen LogP contribution in [0, 0.1) is 0 Å². The summed E-state index contributed by atoms with van der Waals surface area (Å²) in [6, 6.07) is 7.74. The molecular formula is C16H16N2O7S. The average molecular weight is 380 g/mol. The van der Waals surface area contributed by atoms with Crippen molar-refractivity contribution in [2.45, 2.75) is 11.4 Å². The second kappa shape index (κ2) is 8.30. The van der Waals surface area contributed by atoms with Crippen LogP contribution >= 0.6 is 0 Å². The van der Waals surface area contributed by atoms with Gasteiger partial charge < -0.3 is 14.5 Å². The lowest BCUT2D eigenvalue weighted by Crippen LogP contribution is -2.41. The molecule has 1 heterocycles. The molecule has 0 radical (unpaired) electrons. The fourth-order valence-electron chi connectivity index (χ4n) is 1.86. The van der Waals surface area contributed by atoms with Gasteiger partial charge in [-0.3, -0.25) is 10.1 Å². The van der Waals surface area contributed by atoms with Gasteiger partial charge in [0.15, 0.2) is 16.4 Å². The summed E-state index contributed by atoms with van der Waals surface area (Å²) in [5.74, 6) is -1.22. The van der Waals surface area contributed by atoms with Crippen LogP contribution in [0.3, 0.4) is 0 Å². The van der Waals surface area contributed by atoms with Crippen LogP contribution in [0.5, 0.6) is 0 Å². The number of amides is 3. The first-order valence-corrected chi connectivity index (χ1v) is 9.22. The molecule has 2 aromatic rings. The van der Waals surface area contributed by atoms with E-state index in [-0.39, 0.29) is 17.0 Å². The number of ether oxygens (including phenoxy) is 1. The molecule has 0 aliphatic carbocycles. The molecule has 0 fully saturated rings. The van der Waals surface area contributed by atoms with Crippen molar-refractivity contribution < 1.29 is 32.0 Å². The number of rotatable bonds is 6. The number of nitrogens with one attached hydrogen (secondary N) is 2. The maximum Gasteiger partial charge on any atom is 0.338 e. The maximum absolute atomic E-state index is 11.9. The molecule has 1 aromatic carbocycles. The number of carbonyl (C=O) groups excluding carboxylic acids is 3. The summed E-state index contributed by atoms with van der Waals surface area (Å²) in [6.07, 6.45) is 2.45. The van der Waals surface area contributed by atoms with Gasteiger partial charge in [-0.25, -0.2) is 18.0 Å². The third-order valence-electron chi connectivity index (χ3n) is 3.09. The molecule has 1 aromatic heterocycles. The molecule has 138 valence electrons. The van der Waals surface area contributed by atoms with E-state index >= 15 is 0 Å². The molecule has 10 heteroatoms. The first-order chi connectivity index (χ1) is 12.3. The zero-order valence-electron chi connectivity index (χ0n) is 13.7. The molecule has 0 unspecified atom stereocenters. The van der Waals surface area contributed by atoms with Crippen molar-refractivity contribution in [1.82, 2.24) is 10.6 Å². The molecule has 0 aliphatic heterocycles. The number of imide groups is 1. The molecular weight excluding hydrogens is 364 g/mol. The van der Waals surface area contributed by atoms with Crippen LogP contribution in [-0.4, -0.2) is 39.2 Å². The van der Waals surface area contributed by atoms with Gasteiger partial charge in [-0.15, -0.1) is 0 Å². The van der Waals surface area contributed by atoms with Crippen molar-refractivity contribution in [3.8, 4) is 0 Å². The fourth-order valence-corrected chi connectivity index (χ4v) is 2.52. The number of benzene rings is 1. The lowest BCUT2D eigenvalue weighted by molar-refractivity contribution is -0.123. The maximum atomic E-state index is 11.9. The minimum atomic E-state index is -3.48.